The lowest BCUT2D eigenvalue weighted by atomic mass is 9.84. The Labute approximate surface area is 108 Å². The van der Waals surface area contributed by atoms with Gasteiger partial charge in [-0.05, 0) is 12.5 Å². The van der Waals surface area contributed by atoms with Crippen LogP contribution < -0.4 is 0 Å². The molecule has 0 bridgehead atoms. The summed E-state index contributed by atoms with van der Waals surface area (Å²) < 4.78 is -1.73. The van der Waals surface area contributed by atoms with Gasteiger partial charge in [-0.15, -0.1) is 0 Å². The summed E-state index contributed by atoms with van der Waals surface area (Å²) in [6, 6.07) is 8.74. The maximum atomic E-state index is 10.7. The third kappa shape index (κ3) is 2.78. The molecule has 0 amide bonds. The molecule has 1 rings (SSSR count). The van der Waals surface area contributed by atoms with Crippen LogP contribution in [0.2, 0.25) is 0 Å². The first kappa shape index (κ1) is 13.6. The Balaban J connectivity index is 3.21. The molecule has 1 aromatic rings. The molecule has 88 valence electrons. The largest absolute Gasteiger partial charge is 0.265 e. The van der Waals surface area contributed by atoms with E-state index in [1.165, 1.54) is 0 Å². The Bertz CT molecular complexity index is 377. The van der Waals surface area contributed by atoms with E-state index in [4.69, 9.17) is 34.8 Å². The molecule has 16 heavy (non-hydrogen) atoms. The Hall–Kier alpha value is -0.510. The summed E-state index contributed by atoms with van der Waals surface area (Å²) in [6.45, 7) is 1.13. The summed E-state index contributed by atoms with van der Waals surface area (Å²) in [6.07, 6.45) is 0. The summed E-state index contributed by atoms with van der Waals surface area (Å²) in [5.74, 6) is 0. The average Bonchev–Trinajstić information content (AvgIpc) is 2.16. The quantitative estimate of drug-likeness (QED) is 0.483. The zero-order valence-electron chi connectivity index (χ0n) is 8.49. The van der Waals surface area contributed by atoms with E-state index in [-0.39, 0.29) is 0 Å². The highest BCUT2D eigenvalue weighted by atomic mass is 35.6. The molecule has 1 aromatic carbocycles. The van der Waals surface area contributed by atoms with Gasteiger partial charge in [-0.3, -0.25) is 10.1 Å². The van der Waals surface area contributed by atoms with E-state index < -0.39 is 20.7 Å². The molecular formula is C10H10Cl3NO2. The number of rotatable bonds is 3. The molecule has 0 aliphatic heterocycles. The van der Waals surface area contributed by atoms with E-state index in [2.05, 4.69) is 0 Å². The Morgan fingerprint density at radius 2 is 1.75 bits per heavy atom. The maximum Gasteiger partial charge on any atom is 0.217 e. The van der Waals surface area contributed by atoms with Crippen LogP contribution in [0.5, 0.6) is 0 Å². The van der Waals surface area contributed by atoms with E-state index in [9.17, 15) is 10.1 Å². The number of hydrogen-bond acceptors (Lipinski definition) is 2. The lowest BCUT2D eigenvalue weighted by molar-refractivity contribution is -0.490. The van der Waals surface area contributed by atoms with Crippen molar-refractivity contribution < 1.29 is 4.92 Å². The van der Waals surface area contributed by atoms with Gasteiger partial charge in [-0.1, -0.05) is 65.1 Å². The fourth-order valence-corrected chi connectivity index (χ4v) is 1.92. The van der Waals surface area contributed by atoms with Crippen molar-refractivity contribution in [3.63, 3.8) is 0 Å². The van der Waals surface area contributed by atoms with Gasteiger partial charge in [-0.2, -0.15) is 0 Å². The maximum absolute atomic E-state index is 10.7. The zero-order chi connectivity index (χ0) is 12.4. The minimum absolute atomic E-state index is 0.437. The second kappa shape index (κ2) is 4.78. The fraction of sp³-hybridized carbons (Fsp3) is 0.400. The highest BCUT2D eigenvalue weighted by Crippen LogP contribution is 2.46. The highest BCUT2D eigenvalue weighted by molar-refractivity contribution is 6.68. The van der Waals surface area contributed by atoms with Gasteiger partial charge in [0.15, 0.2) is 0 Å². The van der Waals surface area contributed by atoms with Crippen LogP contribution in [-0.4, -0.2) is 15.3 Å². The second-order valence-electron chi connectivity index (χ2n) is 3.69. The average molecular weight is 283 g/mol. The molecule has 0 saturated carbocycles. The number of halogens is 3. The summed E-state index contributed by atoms with van der Waals surface area (Å²) in [5, 5.41) is 10.7. The van der Waals surface area contributed by atoms with Crippen molar-refractivity contribution in [2.75, 3.05) is 6.54 Å². The van der Waals surface area contributed by atoms with Crippen molar-refractivity contribution in [1.82, 2.24) is 0 Å². The number of nitrogens with zero attached hydrogens (tertiary/aromatic N) is 1. The molecule has 0 fully saturated rings. The van der Waals surface area contributed by atoms with Gasteiger partial charge in [0, 0.05) is 4.92 Å². The standard InChI is InChI=1S/C10H10Cl3NO2/c1-9(7-14(15)16,10(11,12)13)8-5-3-2-4-6-8/h2-6H,7H2,1H3/t9-/m0/s1. The van der Waals surface area contributed by atoms with Gasteiger partial charge in [0.25, 0.3) is 0 Å². The highest BCUT2D eigenvalue weighted by Gasteiger charge is 2.49. The van der Waals surface area contributed by atoms with Crippen LogP contribution in [-0.2, 0) is 5.41 Å². The molecule has 0 aromatic heterocycles. The van der Waals surface area contributed by atoms with Gasteiger partial charge < -0.3 is 0 Å². The molecule has 0 N–H and O–H groups in total. The normalized spacial score (nSPS) is 15.5. The minimum Gasteiger partial charge on any atom is -0.265 e. The van der Waals surface area contributed by atoms with E-state index in [0.717, 1.165) is 0 Å². The summed E-state index contributed by atoms with van der Waals surface area (Å²) in [7, 11) is 0. The van der Waals surface area contributed by atoms with Crippen LogP contribution >= 0.6 is 34.8 Å². The van der Waals surface area contributed by atoms with Gasteiger partial charge in [0.1, 0.15) is 5.41 Å². The van der Waals surface area contributed by atoms with Crippen LogP contribution in [0.4, 0.5) is 0 Å². The zero-order valence-corrected chi connectivity index (χ0v) is 10.8. The third-order valence-corrected chi connectivity index (χ3v) is 3.73. The predicted molar refractivity (Wildman–Crippen MR) is 65.9 cm³/mol. The van der Waals surface area contributed by atoms with Crippen LogP contribution in [0.25, 0.3) is 0 Å². The van der Waals surface area contributed by atoms with Gasteiger partial charge >= 0.3 is 0 Å². The lowest BCUT2D eigenvalue weighted by Gasteiger charge is -2.32. The molecule has 0 aliphatic rings. The van der Waals surface area contributed by atoms with Gasteiger partial charge in [0.2, 0.25) is 10.3 Å². The van der Waals surface area contributed by atoms with Crippen molar-refractivity contribution in [2.45, 2.75) is 16.1 Å². The van der Waals surface area contributed by atoms with E-state index >= 15 is 0 Å². The monoisotopic (exact) mass is 281 g/mol. The number of nitro groups is 1. The van der Waals surface area contributed by atoms with Crippen molar-refractivity contribution in [3.05, 3.63) is 46.0 Å². The topological polar surface area (TPSA) is 43.1 Å². The number of benzene rings is 1. The van der Waals surface area contributed by atoms with Crippen molar-refractivity contribution in [2.24, 2.45) is 0 Å². The van der Waals surface area contributed by atoms with Crippen LogP contribution in [0.15, 0.2) is 30.3 Å². The van der Waals surface area contributed by atoms with E-state index in [0.29, 0.717) is 5.56 Å². The Kier molecular flexibility index (Phi) is 4.05. The molecule has 0 aliphatic carbocycles. The smallest absolute Gasteiger partial charge is 0.217 e. The predicted octanol–water partition coefficient (Wildman–Crippen LogP) is 3.59. The van der Waals surface area contributed by atoms with Crippen molar-refractivity contribution in [3.8, 4) is 0 Å². The Morgan fingerprint density at radius 1 is 1.25 bits per heavy atom. The third-order valence-electron chi connectivity index (χ3n) is 2.48. The first-order valence-corrected chi connectivity index (χ1v) is 5.65. The molecule has 0 unspecified atom stereocenters. The van der Waals surface area contributed by atoms with E-state index in [1.807, 2.05) is 0 Å². The second-order valence-corrected chi connectivity index (χ2v) is 5.97. The molecular weight excluding hydrogens is 272 g/mol. The molecule has 1 atom stereocenters. The van der Waals surface area contributed by atoms with Gasteiger partial charge in [0.05, 0.1) is 0 Å². The minimum atomic E-state index is -1.73. The Morgan fingerprint density at radius 3 is 2.12 bits per heavy atom. The van der Waals surface area contributed by atoms with Crippen molar-refractivity contribution >= 4 is 34.8 Å². The van der Waals surface area contributed by atoms with Crippen molar-refractivity contribution in [1.29, 1.82) is 0 Å². The van der Waals surface area contributed by atoms with Crippen LogP contribution in [0, 0.1) is 10.1 Å². The number of hydrogen-bond donors (Lipinski definition) is 0. The summed E-state index contributed by atoms with van der Waals surface area (Å²) >= 11 is 17.5. The molecule has 0 saturated heterocycles. The molecule has 0 spiro atoms. The fourth-order valence-electron chi connectivity index (χ4n) is 1.41. The first-order valence-electron chi connectivity index (χ1n) is 4.51. The lowest BCUT2D eigenvalue weighted by Crippen LogP contribution is -2.43. The SMILES string of the molecule is C[C@](C[N+](=O)[O-])(c1ccccc1)C(Cl)(Cl)Cl. The van der Waals surface area contributed by atoms with Crippen LogP contribution in [0.1, 0.15) is 12.5 Å². The number of alkyl halides is 3. The van der Waals surface area contributed by atoms with E-state index in [1.54, 1.807) is 37.3 Å². The van der Waals surface area contributed by atoms with Crippen LogP contribution in [0.3, 0.4) is 0 Å². The molecule has 3 nitrogen and oxygen atoms in total. The molecule has 0 heterocycles. The summed E-state index contributed by atoms with van der Waals surface area (Å²) in [4.78, 5) is 10.2. The first-order chi connectivity index (χ1) is 7.27. The molecule has 0 radical (unpaired) electrons. The van der Waals surface area contributed by atoms with Gasteiger partial charge in [-0.25, -0.2) is 0 Å². The molecule has 6 heteroatoms. The summed E-state index contributed by atoms with van der Waals surface area (Å²) in [5.41, 5.74) is -0.519.